The van der Waals surface area contributed by atoms with Gasteiger partial charge in [0.15, 0.2) is 5.96 Å². The van der Waals surface area contributed by atoms with E-state index in [0.29, 0.717) is 24.6 Å². The molecule has 0 atom stereocenters. The van der Waals surface area contributed by atoms with Gasteiger partial charge >= 0.3 is 0 Å². The fourth-order valence-corrected chi connectivity index (χ4v) is 2.25. The first kappa shape index (κ1) is 20.4. The molecule has 0 aliphatic rings. The molecule has 24 heavy (non-hydrogen) atoms. The highest BCUT2D eigenvalue weighted by Crippen LogP contribution is 2.10. The Kier molecular flexibility index (Phi) is 8.70. The molecule has 0 unspecified atom stereocenters. The Bertz CT molecular complexity index is 692. The first-order valence-electron chi connectivity index (χ1n) is 7.51. The molecule has 6 heteroatoms. The summed E-state index contributed by atoms with van der Waals surface area (Å²) < 4.78 is 13.4. The zero-order valence-electron chi connectivity index (χ0n) is 13.8. The van der Waals surface area contributed by atoms with Gasteiger partial charge in [-0.15, -0.1) is 24.0 Å². The molecule has 0 saturated carbocycles. The van der Waals surface area contributed by atoms with E-state index in [1.807, 2.05) is 12.1 Å². The average molecular weight is 443 g/mol. The Morgan fingerprint density at radius 3 is 2.46 bits per heavy atom. The SMILES string of the molecule is CN=C(NCc1ccc(F)c(CO)c1)NCc1ccccc1C.I. The predicted molar refractivity (Wildman–Crippen MR) is 106 cm³/mol. The van der Waals surface area contributed by atoms with E-state index in [9.17, 15) is 4.39 Å². The van der Waals surface area contributed by atoms with Crippen molar-refractivity contribution in [3.8, 4) is 0 Å². The molecular weight excluding hydrogens is 420 g/mol. The number of aliphatic hydroxyl groups excluding tert-OH is 1. The molecule has 0 spiro atoms. The van der Waals surface area contributed by atoms with Crippen LogP contribution in [-0.4, -0.2) is 18.1 Å². The van der Waals surface area contributed by atoms with E-state index in [1.165, 1.54) is 17.2 Å². The van der Waals surface area contributed by atoms with Gasteiger partial charge in [-0.2, -0.15) is 0 Å². The third kappa shape index (κ3) is 5.76. The second-order valence-corrected chi connectivity index (χ2v) is 5.29. The highest BCUT2D eigenvalue weighted by Gasteiger charge is 2.04. The van der Waals surface area contributed by atoms with Gasteiger partial charge in [0.1, 0.15) is 5.82 Å². The van der Waals surface area contributed by atoms with Gasteiger partial charge in [-0.25, -0.2) is 4.39 Å². The first-order valence-corrected chi connectivity index (χ1v) is 7.51. The largest absolute Gasteiger partial charge is 0.392 e. The van der Waals surface area contributed by atoms with Crippen LogP contribution in [0.4, 0.5) is 4.39 Å². The average Bonchev–Trinajstić information content (AvgIpc) is 2.57. The van der Waals surface area contributed by atoms with Crippen molar-refractivity contribution in [2.24, 2.45) is 4.99 Å². The Morgan fingerprint density at radius 2 is 1.79 bits per heavy atom. The van der Waals surface area contributed by atoms with Crippen LogP contribution >= 0.6 is 24.0 Å². The minimum atomic E-state index is -0.390. The number of hydrogen-bond acceptors (Lipinski definition) is 2. The van der Waals surface area contributed by atoms with Gasteiger partial charge in [-0.1, -0.05) is 30.3 Å². The topological polar surface area (TPSA) is 56.7 Å². The van der Waals surface area contributed by atoms with Crippen LogP contribution in [0.1, 0.15) is 22.3 Å². The van der Waals surface area contributed by atoms with Crippen LogP contribution in [0.5, 0.6) is 0 Å². The number of benzene rings is 2. The van der Waals surface area contributed by atoms with Crippen LogP contribution in [0.25, 0.3) is 0 Å². The maximum atomic E-state index is 13.4. The molecule has 2 aromatic carbocycles. The molecule has 4 nitrogen and oxygen atoms in total. The Morgan fingerprint density at radius 1 is 1.08 bits per heavy atom. The van der Waals surface area contributed by atoms with Crippen molar-refractivity contribution in [2.45, 2.75) is 26.6 Å². The zero-order chi connectivity index (χ0) is 16.7. The molecule has 0 saturated heterocycles. The van der Waals surface area contributed by atoms with E-state index in [1.54, 1.807) is 19.2 Å². The van der Waals surface area contributed by atoms with Crippen molar-refractivity contribution < 1.29 is 9.50 Å². The van der Waals surface area contributed by atoms with E-state index < -0.39 is 5.82 Å². The van der Waals surface area contributed by atoms with Crippen LogP contribution in [-0.2, 0) is 19.7 Å². The third-order valence-corrected chi connectivity index (χ3v) is 3.67. The number of nitrogens with one attached hydrogen (secondary N) is 2. The highest BCUT2D eigenvalue weighted by molar-refractivity contribution is 14.0. The Balaban J connectivity index is 0.00000288. The van der Waals surface area contributed by atoms with Crippen molar-refractivity contribution in [1.29, 1.82) is 0 Å². The second kappa shape index (κ2) is 10.2. The smallest absolute Gasteiger partial charge is 0.191 e. The fourth-order valence-electron chi connectivity index (χ4n) is 2.25. The summed E-state index contributed by atoms with van der Waals surface area (Å²) >= 11 is 0. The third-order valence-electron chi connectivity index (χ3n) is 3.67. The number of aliphatic imine (C=N–C) groups is 1. The molecular formula is C18H23FIN3O. The number of halogens is 2. The standard InChI is InChI=1S/C18H22FN3O.HI/c1-13-5-3-4-6-15(13)11-22-18(20-2)21-10-14-7-8-17(19)16(9-14)12-23;/h3-9,23H,10-12H2,1-2H3,(H2,20,21,22);1H. The number of guanidine groups is 1. The number of hydrogen-bond donors (Lipinski definition) is 3. The summed E-state index contributed by atoms with van der Waals surface area (Å²) in [6.45, 7) is 2.94. The van der Waals surface area contributed by atoms with Crippen molar-refractivity contribution in [3.63, 3.8) is 0 Å². The predicted octanol–water partition coefficient (Wildman–Crippen LogP) is 3.11. The van der Waals surface area contributed by atoms with E-state index in [0.717, 1.165) is 5.56 Å². The second-order valence-electron chi connectivity index (χ2n) is 5.29. The van der Waals surface area contributed by atoms with Crippen molar-refractivity contribution in [1.82, 2.24) is 10.6 Å². The highest BCUT2D eigenvalue weighted by atomic mass is 127. The van der Waals surface area contributed by atoms with Crippen molar-refractivity contribution in [2.75, 3.05) is 7.05 Å². The van der Waals surface area contributed by atoms with Crippen LogP contribution < -0.4 is 10.6 Å². The van der Waals surface area contributed by atoms with Crippen molar-refractivity contribution >= 4 is 29.9 Å². The fraction of sp³-hybridized carbons (Fsp3) is 0.278. The van der Waals surface area contributed by atoms with E-state index >= 15 is 0 Å². The zero-order valence-corrected chi connectivity index (χ0v) is 16.2. The number of aryl methyl sites for hydroxylation is 1. The van der Waals surface area contributed by atoms with E-state index in [4.69, 9.17) is 5.11 Å². The number of nitrogens with zero attached hydrogens (tertiary/aromatic N) is 1. The van der Waals surface area contributed by atoms with Gasteiger partial charge < -0.3 is 15.7 Å². The van der Waals surface area contributed by atoms with E-state index in [-0.39, 0.29) is 30.6 Å². The van der Waals surface area contributed by atoms with Crippen LogP contribution in [0, 0.1) is 12.7 Å². The minimum absolute atomic E-state index is 0. The molecule has 0 radical (unpaired) electrons. The summed E-state index contributed by atoms with van der Waals surface area (Å²) in [5.41, 5.74) is 3.61. The summed E-state index contributed by atoms with van der Waals surface area (Å²) in [6, 6.07) is 12.9. The molecule has 0 aromatic heterocycles. The Hall–Kier alpha value is -1.67. The van der Waals surface area contributed by atoms with Gasteiger partial charge in [0, 0.05) is 25.7 Å². The summed E-state index contributed by atoms with van der Waals surface area (Å²) in [5.74, 6) is 0.279. The van der Waals surface area contributed by atoms with Gasteiger partial charge in [0.05, 0.1) is 6.61 Å². The quantitative estimate of drug-likeness (QED) is 0.378. The van der Waals surface area contributed by atoms with Crippen LogP contribution in [0.3, 0.4) is 0 Å². The minimum Gasteiger partial charge on any atom is -0.392 e. The summed E-state index contributed by atoms with van der Waals surface area (Å²) in [4.78, 5) is 4.18. The summed E-state index contributed by atoms with van der Waals surface area (Å²) in [6.07, 6.45) is 0. The monoisotopic (exact) mass is 443 g/mol. The lowest BCUT2D eigenvalue weighted by molar-refractivity contribution is 0.275. The lowest BCUT2D eigenvalue weighted by atomic mass is 10.1. The Labute approximate surface area is 159 Å². The molecule has 0 fully saturated rings. The molecule has 0 heterocycles. The van der Waals surface area contributed by atoms with Gasteiger partial charge in [-0.3, -0.25) is 4.99 Å². The van der Waals surface area contributed by atoms with Crippen LogP contribution in [0.15, 0.2) is 47.5 Å². The summed E-state index contributed by atoms with van der Waals surface area (Å²) in [5, 5.41) is 15.5. The maximum absolute atomic E-state index is 13.4. The molecule has 3 N–H and O–H groups in total. The van der Waals surface area contributed by atoms with Gasteiger partial charge in [0.2, 0.25) is 0 Å². The van der Waals surface area contributed by atoms with Gasteiger partial charge in [0.25, 0.3) is 0 Å². The lowest BCUT2D eigenvalue weighted by Crippen LogP contribution is -2.36. The molecule has 0 bridgehead atoms. The molecule has 130 valence electrons. The van der Waals surface area contributed by atoms with E-state index in [2.05, 4.69) is 34.7 Å². The molecule has 0 aliphatic carbocycles. The maximum Gasteiger partial charge on any atom is 0.191 e. The molecule has 2 aromatic rings. The first-order chi connectivity index (χ1) is 11.1. The van der Waals surface area contributed by atoms with Crippen molar-refractivity contribution in [3.05, 3.63) is 70.5 Å². The molecule has 0 amide bonds. The molecule has 0 aliphatic heterocycles. The summed E-state index contributed by atoms with van der Waals surface area (Å²) in [7, 11) is 1.71. The lowest BCUT2D eigenvalue weighted by Gasteiger charge is -2.13. The van der Waals surface area contributed by atoms with Gasteiger partial charge in [-0.05, 0) is 35.7 Å². The normalized spacial score (nSPS) is 10.9. The number of aliphatic hydroxyl groups is 1. The van der Waals surface area contributed by atoms with Crippen LogP contribution in [0.2, 0.25) is 0 Å². The number of rotatable bonds is 5. The molecule has 2 rings (SSSR count).